The topological polar surface area (TPSA) is 46.4 Å². The van der Waals surface area contributed by atoms with Gasteiger partial charge in [-0.3, -0.25) is 4.79 Å². The van der Waals surface area contributed by atoms with E-state index in [9.17, 15) is 18.0 Å². The molecular formula is C15H10F3N3O. The van der Waals surface area contributed by atoms with Crippen LogP contribution in [0.1, 0.15) is 15.9 Å². The maximum Gasteiger partial charge on any atom is 0.416 e. The Morgan fingerprint density at radius 2 is 2.00 bits per heavy atom. The van der Waals surface area contributed by atoms with E-state index in [4.69, 9.17) is 0 Å². The van der Waals surface area contributed by atoms with E-state index in [1.54, 1.807) is 35.1 Å². The standard InChI is InChI=1S/C15H10F3N3O/c16-15(17,18)11-2-1-3-12(8-11)20-14(22)10-4-5-13-19-6-7-21(13)9-10/h1-9H,(H,20,22). The van der Waals surface area contributed by atoms with Gasteiger partial charge in [-0.05, 0) is 30.3 Å². The molecule has 0 aliphatic rings. The Bertz CT molecular complexity index is 839. The first-order valence-corrected chi connectivity index (χ1v) is 6.35. The SMILES string of the molecule is O=C(Nc1cccc(C(F)(F)F)c1)c1ccc2nccn2c1. The minimum absolute atomic E-state index is 0.0885. The number of hydrogen-bond acceptors (Lipinski definition) is 2. The molecule has 1 N–H and O–H groups in total. The van der Waals surface area contributed by atoms with Crippen molar-refractivity contribution in [3.8, 4) is 0 Å². The Labute approximate surface area is 123 Å². The third-order valence-electron chi connectivity index (χ3n) is 3.10. The summed E-state index contributed by atoms with van der Waals surface area (Å²) in [7, 11) is 0. The average molecular weight is 305 g/mol. The van der Waals surface area contributed by atoms with Crippen LogP contribution in [-0.4, -0.2) is 15.3 Å². The summed E-state index contributed by atoms with van der Waals surface area (Å²) in [6.07, 6.45) is 0.377. The van der Waals surface area contributed by atoms with Gasteiger partial charge in [0.05, 0.1) is 11.1 Å². The van der Waals surface area contributed by atoms with Gasteiger partial charge < -0.3 is 9.72 Å². The van der Waals surface area contributed by atoms with Crippen LogP contribution in [-0.2, 0) is 6.18 Å². The molecule has 0 saturated heterocycles. The number of anilines is 1. The molecule has 0 fully saturated rings. The summed E-state index contributed by atoms with van der Waals surface area (Å²) in [6, 6.07) is 7.72. The van der Waals surface area contributed by atoms with E-state index in [2.05, 4.69) is 10.3 Å². The molecule has 4 nitrogen and oxygen atoms in total. The molecular weight excluding hydrogens is 295 g/mol. The van der Waals surface area contributed by atoms with E-state index in [0.29, 0.717) is 11.2 Å². The number of halogens is 3. The fourth-order valence-corrected chi connectivity index (χ4v) is 2.03. The minimum Gasteiger partial charge on any atom is -0.322 e. The number of amides is 1. The van der Waals surface area contributed by atoms with E-state index in [0.717, 1.165) is 12.1 Å². The first-order valence-electron chi connectivity index (χ1n) is 6.35. The van der Waals surface area contributed by atoms with Crippen LogP contribution in [0.3, 0.4) is 0 Å². The fourth-order valence-electron chi connectivity index (χ4n) is 2.03. The predicted molar refractivity (Wildman–Crippen MR) is 74.6 cm³/mol. The van der Waals surface area contributed by atoms with Gasteiger partial charge >= 0.3 is 6.18 Å². The van der Waals surface area contributed by atoms with Gasteiger partial charge in [-0.1, -0.05) is 6.07 Å². The number of fused-ring (bicyclic) bond motifs is 1. The van der Waals surface area contributed by atoms with E-state index >= 15 is 0 Å². The zero-order valence-corrected chi connectivity index (χ0v) is 11.1. The first kappa shape index (κ1) is 14.1. The quantitative estimate of drug-likeness (QED) is 0.786. The molecule has 7 heteroatoms. The number of carbonyl (C=O) groups is 1. The monoisotopic (exact) mass is 305 g/mol. The van der Waals surface area contributed by atoms with Gasteiger partial charge in [0.15, 0.2) is 0 Å². The van der Waals surface area contributed by atoms with Crippen LogP contribution in [0.15, 0.2) is 55.0 Å². The molecule has 3 rings (SSSR count). The van der Waals surface area contributed by atoms with E-state index in [1.165, 1.54) is 12.1 Å². The molecule has 0 aliphatic carbocycles. The molecule has 3 aromatic rings. The molecule has 0 bridgehead atoms. The summed E-state index contributed by atoms with van der Waals surface area (Å²) in [5, 5.41) is 2.45. The van der Waals surface area contributed by atoms with Gasteiger partial charge in [-0.25, -0.2) is 4.98 Å². The Kier molecular flexibility index (Phi) is 3.32. The van der Waals surface area contributed by atoms with Crippen molar-refractivity contribution in [2.75, 3.05) is 5.32 Å². The van der Waals surface area contributed by atoms with Crippen molar-refractivity contribution in [1.29, 1.82) is 0 Å². The summed E-state index contributed by atoms with van der Waals surface area (Å²) in [6.45, 7) is 0. The van der Waals surface area contributed by atoms with Crippen molar-refractivity contribution >= 4 is 17.2 Å². The molecule has 0 aliphatic heterocycles. The molecule has 22 heavy (non-hydrogen) atoms. The van der Waals surface area contributed by atoms with Gasteiger partial charge in [0.25, 0.3) is 5.91 Å². The van der Waals surface area contributed by atoms with Crippen molar-refractivity contribution in [1.82, 2.24) is 9.38 Å². The van der Waals surface area contributed by atoms with Gasteiger partial charge in [-0.2, -0.15) is 13.2 Å². The molecule has 112 valence electrons. The number of benzene rings is 1. The van der Waals surface area contributed by atoms with Crippen LogP contribution in [0.2, 0.25) is 0 Å². The van der Waals surface area contributed by atoms with Crippen molar-refractivity contribution < 1.29 is 18.0 Å². The summed E-state index contributed by atoms with van der Waals surface area (Å²) in [5.74, 6) is -0.491. The Hall–Kier alpha value is -2.83. The van der Waals surface area contributed by atoms with E-state index in [-0.39, 0.29) is 5.69 Å². The number of nitrogens with zero attached hydrogens (tertiary/aromatic N) is 2. The number of pyridine rings is 1. The zero-order chi connectivity index (χ0) is 15.7. The summed E-state index contributed by atoms with van der Waals surface area (Å²) < 4.78 is 39.6. The number of imidazole rings is 1. The number of carbonyl (C=O) groups excluding carboxylic acids is 1. The zero-order valence-electron chi connectivity index (χ0n) is 11.1. The van der Waals surface area contributed by atoms with Crippen LogP contribution in [0, 0.1) is 0 Å². The average Bonchev–Trinajstić information content (AvgIpc) is 2.94. The molecule has 1 aromatic carbocycles. The second-order valence-electron chi connectivity index (χ2n) is 4.64. The Morgan fingerprint density at radius 3 is 2.77 bits per heavy atom. The highest BCUT2D eigenvalue weighted by molar-refractivity contribution is 6.04. The smallest absolute Gasteiger partial charge is 0.322 e. The molecule has 0 saturated carbocycles. The molecule has 2 aromatic heterocycles. The highest BCUT2D eigenvalue weighted by Gasteiger charge is 2.30. The lowest BCUT2D eigenvalue weighted by Crippen LogP contribution is -2.13. The lowest BCUT2D eigenvalue weighted by Gasteiger charge is -2.10. The Balaban J connectivity index is 1.84. The lowest BCUT2D eigenvalue weighted by atomic mass is 10.2. The van der Waals surface area contributed by atoms with E-state index < -0.39 is 17.6 Å². The van der Waals surface area contributed by atoms with Crippen LogP contribution in [0.5, 0.6) is 0 Å². The highest BCUT2D eigenvalue weighted by atomic mass is 19.4. The molecule has 0 radical (unpaired) electrons. The number of nitrogens with one attached hydrogen (secondary N) is 1. The normalized spacial score (nSPS) is 11.6. The number of hydrogen-bond donors (Lipinski definition) is 1. The van der Waals surface area contributed by atoms with Crippen LogP contribution in [0.25, 0.3) is 5.65 Å². The third-order valence-corrected chi connectivity index (χ3v) is 3.10. The van der Waals surface area contributed by atoms with Gasteiger partial charge in [0.2, 0.25) is 0 Å². The second kappa shape index (κ2) is 5.18. The molecule has 1 amide bonds. The van der Waals surface area contributed by atoms with Crippen molar-refractivity contribution in [3.05, 3.63) is 66.1 Å². The van der Waals surface area contributed by atoms with Gasteiger partial charge in [0, 0.05) is 24.3 Å². The number of aromatic nitrogens is 2. The molecule has 0 spiro atoms. The maximum atomic E-state index is 12.6. The summed E-state index contributed by atoms with van der Waals surface area (Å²) >= 11 is 0. The number of alkyl halides is 3. The predicted octanol–water partition coefficient (Wildman–Crippen LogP) is 3.61. The maximum absolute atomic E-state index is 12.6. The summed E-state index contributed by atoms with van der Waals surface area (Å²) in [5.41, 5.74) is 0.277. The van der Waals surface area contributed by atoms with E-state index in [1.807, 2.05) is 0 Å². The molecule has 0 atom stereocenters. The summed E-state index contributed by atoms with van der Waals surface area (Å²) in [4.78, 5) is 16.2. The first-order chi connectivity index (χ1) is 10.4. The molecule has 2 heterocycles. The van der Waals surface area contributed by atoms with Gasteiger partial charge in [-0.15, -0.1) is 0 Å². The largest absolute Gasteiger partial charge is 0.416 e. The lowest BCUT2D eigenvalue weighted by molar-refractivity contribution is -0.137. The molecule has 0 unspecified atom stereocenters. The second-order valence-corrected chi connectivity index (χ2v) is 4.64. The van der Waals surface area contributed by atoms with Crippen molar-refractivity contribution in [3.63, 3.8) is 0 Å². The highest BCUT2D eigenvalue weighted by Crippen LogP contribution is 2.30. The third kappa shape index (κ3) is 2.78. The van der Waals surface area contributed by atoms with Gasteiger partial charge in [0.1, 0.15) is 5.65 Å². The number of rotatable bonds is 2. The van der Waals surface area contributed by atoms with Crippen molar-refractivity contribution in [2.45, 2.75) is 6.18 Å². The van der Waals surface area contributed by atoms with Crippen LogP contribution in [0.4, 0.5) is 18.9 Å². The fraction of sp³-hybridized carbons (Fsp3) is 0.0667. The van der Waals surface area contributed by atoms with Crippen LogP contribution < -0.4 is 5.32 Å². The minimum atomic E-state index is -4.45. The van der Waals surface area contributed by atoms with Crippen LogP contribution >= 0.6 is 0 Å². The Morgan fingerprint density at radius 1 is 1.18 bits per heavy atom. The van der Waals surface area contributed by atoms with Crippen molar-refractivity contribution in [2.24, 2.45) is 0 Å².